The van der Waals surface area contributed by atoms with Gasteiger partial charge in [-0.15, -0.1) is 0 Å². The Kier molecular flexibility index (Phi) is 10.2. The molecule has 3 aliphatic heterocycles. The van der Waals surface area contributed by atoms with Crippen LogP contribution in [0.5, 0.6) is 5.75 Å². The number of carbonyl (C=O) groups excluding carboxylic acids is 4. The van der Waals surface area contributed by atoms with Crippen LogP contribution in [-0.2, 0) is 28.6 Å². The lowest BCUT2D eigenvalue weighted by Crippen LogP contribution is -2.55. The normalized spacial score (nSPS) is 24.5. The average Bonchev–Trinajstić information content (AvgIpc) is 3.84. The summed E-state index contributed by atoms with van der Waals surface area (Å²) in [5.41, 5.74) is -0.478. The van der Waals surface area contributed by atoms with E-state index in [-0.39, 0.29) is 42.9 Å². The Morgan fingerprint density at radius 3 is 2.50 bits per heavy atom. The predicted molar refractivity (Wildman–Crippen MR) is 172 cm³/mol. The zero-order valence-corrected chi connectivity index (χ0v) is 28.1. The molecule has 0 bridgehead atoms. The zero-order valence-electron chi connectivity index (χ0n) is 28.1. The van der Waals surface area contributed by atoms with Crippen molar-refractivity contribution in [2.45, 2.75) is 96.4 Å². The molecule has 0 radical (unpaired) electrons. The second-order valence-electron chi connectivity index (χ2n) is 14.4. The molecule has 5 rings (SSSR count). The maximum atomic E-state index is 14.5. The summed E-state index contributed by atoms with van der Waals surface area (Å²) < 4.78 is 22.6. The van der Waals surface area contributed by atoms with Crippen LogP contribution in [0.3, 0.4) is 0 Å². The molecule has 1 aromatic rings. The minimum absolute atomic E-state index is 0.00675. The number of fused-ring (bicyclic) bond motifs is 1. The van der Waals surface area contributed by atoms with E-state index in [0.717, 1.165) is 25.7 Å². The standard InChI is InChI=1S/C34H50N4O8/c1-33(2,3)46-32(42)36-19-22(29(39)35-24-9-7-16-44-21-24)17-23(20-36)30(40)38(25-10-11-25)26-12-13-28-27(18-26)37(14-8-15-43-6)31(41)34(4,5)45-28/h12-13,18,22-25H,7-11,14-17,19-21H2,1-6H3,(H,35,39)/t22-,23+,24?/m0/s1. The van der Waals surface area contributed by atoms with E-state index in [2.05, 4.69) is 5.32 Å². The maximum Gasteiger partial charge on any atom is 0.410 e. The molecule has 3 fully saturated rings. The number of rotatable bonds is 9. The lowest BCUT2D eigenvalue weighted by molar-refractivity contribution is -0.133. The molecule has 12 heteroatoms. The highest BCUT2D eigenvalue weighted by molar-refractivity contribution is 6.04. The van der Waals surface area contributed by atoms with Crippen molar-refractivity contribution in [2.24, 2.45) is 11.8 Å². The molecule has 4 aliphatic rings. The molecule has 2 saturated heterocycles. The maximum absolute atomic E-state index is 14.5. The smallest absolute Gasteiger partial charge is 0.410 e. The summed E-state index contributed by atoms with van der Waals surface area (Å²) in [7, 11) is 1.63. The number of nitrogens with zero attached hydrogens (tertiary/aromatic N) is 3. The fourth-order valence-electron chi connectivity index (χ4n) is 6.46. The molecule has 254 valence electrons. The number of anilines is 2. The first-order valence-electron chi connectivity index (χ1n) is 16.6. The summed E-state index contributed by atoms with van der Waals surface area (Å²) in [4.78, 5) is 59.8. The van der Waals surface area contributed by atoms with E-state index in [1.54, 1.807) is 51.5 Å². The molecule has 3 atom stereocenters. The molecule has 1 unspecified atom stereocenters. The van der Waals surface area contributed by atoms with Gasteiger partial charge in [-0.1, -0.05) is 0 Å². The minimum Gasteiger partial charge on any atom is -0.476 e. The molecule has 0 spiro atoms. The number of methoxy groups -OCH3 is 1. The van der Waals surface area contributed by atoms with Crippen LogP contribution in [0.15, 0.2) is 18.2 Å². The van der Waals surface area contributed by atoms with Crippen molar-refractivity contribution in [3.8, 4) is 5.75 Å². The molecule has 4 amide bonds. The Labute approximate surface area is 272 Å². The van der Waals surface area contributed by atoms with E-state index in [1.807, 2.05) is 18.2 Å². The number of amides is 4. The third-order valence-electron chi connectivity index (χ3n) is 8.85. The number of ether oxygens (including phenoxy) is 4. The molecular formula is C34H50N4O8. The number of hydrogen-bond acceptors (Lipinski definition) is 8. The van der Waals surface area contributed by atoms with E-state index in [9.17, 15) is 19.2 Å². The van der Waals surface area contributed by atoms with Gasteiger partial charge < -0.3 is 39.0 Å². The predicted octanol–water partition coefficient (Wildman–Crippen LogP) is 3.89. The van der Waals surface area contributed by atoms with E-state index in [4.69, 9.17) is 18.9 Å². The topological polar surface area (TPSA) is 127 Å². The lowest BCUT2D eigenvalue weighted by Gasteiger charge is -2.41. The average molecular weight is 643 g/mol. The van der Waals surface area contributed by atoms with E-state index < -0.39 is 29.1 Å². The first-order chi connectivity index (χ1) is 21.8. The number of likely N-dealkylation sites (tertiary alicyclic amines) is 1. The van der Waals surface area contributed by atoms with Crippen molar-refractivity contribution >= 4 is 35.2 Å². The highest BCUT2D eigenvalue weighted by Gasteiger charge is 2.45. The molecule has 0 aromatic heterocycles. The molecule has 1 aromatic carbocycles. The third kappa shape index (κ3) is 7.94. The molecule has 3 heterocycles. The van der Waals surface area contributed by atoms with Crippen molar-refractivity contribution < 1.29 is 38.1 Å². The Hall–Kier alpha value is -3.38. The summed E-state index contributed by atoms with van der Waals surface area (Å²) in [6, 6.07) is 5.44. The number of nitrogens with one attached hydrogen (secondary N) is 1. The van der Waals surface area contributed by atoms with Gasteiger partial charge in [0.05, 0.1) is 30.2 Å². The molecule has 1 saturated carbocycles. The lowest BCUT2D eigenvalue weighted by atomic mass is 9.87. The van der Waals surface area contributed by atoms with Gasteiger partial charge in [-0.3, -0.25) is 14.4 Å². The van der Waals surface area contributed by atoms with Gasteiger partial charge in [0, 0.05) is 51.7 Å². The van der Waals surface area contributed by atoms with E-state index in [0.29, 0.717) is 56.3 Å². The largest absolute Gasteiger partial charge is 0.476 e. The second kappa shape index (κ2) is 13.8. The second-order valence-corrected chi connectivity index (χ2v) is 14.4. The Morgan fingerprint density at radius 2 is 1.85 bits per heavy atom. The van der Waals surface area contributed by atoms with Crippen LogP contribution in [-0.4, -0.2) is 98.6 Å². The molecular weight excluding hydrogens is 592 g/mol. The summed E-state index contributed by atoms with van der Waals surface area (Å²) >= 11 is 0. The van der Waals surface area contributed by atoms with E-state index in [1.165, 1.54) is 4.90 Å². The van der Waals surface area contributed by atoms with Crippen molar-refractivity contribution in [1.29, 1.82) is 0 Å². The van der Waals surface area contributed by atoms with Crippen molar-refractivity contribution in [2.75, 3.05) is 56.4 Å². The van der Waals surface area contributed by atoms with Gasteiger partial charge in [-0.05, 0) is 91.3 Å². The van der Waals surface area contributed by atoms with Gasteiger partial charge in [-0.25, -0.2) is 4.79 Å². The Bertz CT molecular complexity index is 1300. The summed E-state index contributed by atoms with van der Waals surface area (Å²) in [5.74, 6) is -1.11. The van der Waals surface area contributed by atoms with Gasteiger partial charge in [-0.2, -0.15) is 0 Å². The Morgan fingerprint density at radius 1 is 1.11 bits per heavy atom. The summed E-state index contributed by atoms with van der Waals surface area (Å²) in [5, 5.41) is 3.09. The monoisotopic (exact) mass is 642 g/mol. The summed E-state index contributed by atoms with van der Waals surface area (Å²) in [6.07, 6.45) is 3.80. The molecule has 1 N–H and O–H groups in total. The SMILES string of the molecule is COCCCN1C(=O)C(C)(C)Oc2ccc(N(C(=O)[C@@H]3C[C@H](C(=O)NC4CCCOC4)CN(C(=O)OC(C)(C)C)C3)C3CC3)cc21. The van der Waals surface area contributed by atoms with Gasteiger partial charge in [0.25, 0.3) is 5.91 Å². The number of hydrogen-bond donors (Lipinski definition) is 1. The number of carbonyl (C=O) groups is 4. The van der Waals surface area contributed by atoms with Crippen LogP contribution in [0.1, 0.15) is 73.1 Å². The van der Waals surface area contributed by atoms with Crippen LogP contribution in [0, 0.1) is 11.8 Å². The first kappa shape index (κ1) is 34.0. The van der Waals surface area contributed by atoms with Gasteiger partial charge in [0.1, 0.15) is 11.4 Å². The molecule has 1 aliphatic carbocycles. The van der Waals surface area contributed by atoms with Crippen LogP contribution in [0.25, 0.3) is 0 Å². The third-order valence-corrected chi connectivity index (χ3v) is 8.85. The quantitative estimate of drug-likeness (QED) is 0.402. The van der Waals surface area contributed by atoms with Gasteiger partial charge >= 0.3 is 6.09 Å². The fraction of sp³-hybridized carbons (Fsp3) is 0.706. The highest BCUT2D eigenvalue weighted by atomic mass is 16.6. The van der Waals surface area contributed by atoms with Crippen LogP contribution in [0.2, 0.25) is 0 Å². The highest BCUT2D eigenvalue weighted by Crippen LogP contribution is 2.43. The summed E-state index contributed by atoms with van der Waals surface area (Å²) in [6.45, 7) is 11.3. The number of benzene rings is 1. The van der Waals surface area contributed by atoms with E-state index >= 15 is 0 Å². The van der Waals surface area contributed by atoms with Gasteiger partial charge in [0.15, 0.2) is 5.60 Å². The fourth-order valence-corrected chi connectivity index (χ4v) is 6.46. The first-order valence-corrected chi connectivity index (χ1v) is 16.6. The van der Waals surface area contributed by atoms with Crippen LogP contribution >= 0.6 is 0 Å². The molecule has 12 nitrogen and oxygen atoms in total. The minimum atomic E-state index is -1.03. The van der Waals surface area contributed by atoms with Crippen molar-refractivity contribution in [3.05, 3.63) is 18.2 Å². The van der Waals surface area contributed by atoms with Crippen molar-refractivity contribution in [1.82, 2.24) is 10.2 Å². The Balaban J connectivity index is 1.41. The van der Waals surface area contributed by atoms with Crippen LogP contribution < -0.4 is 19.9 Å². The number of piperidine rings is 1. The van der Waals surface area contributed by atoms with Gasteiger partial charge in [0.2, 0.25) is 11.8 Å². The van der Waals surface area contributed by atoms with Crippen molar-refractivity contribution in [3.63, 3.8) is 0 Å². The zero-order chi connectivity index (χ0) is 33.2. The molecule has 46 heavy (non-hydrogen) atoms. The van der Waals surface area contributed by atoms with Crippen LogP contribution in [0.4, 0.5) is 16.2 Å².